The highest BCUT2D eigenvalue weighted by Gasteiger charge is 2.34. The lowest BCUT2D eigenvalue weighted by atomic mass is 9.85. The Morgan fingerprint density at radius 3 is 2.09 bits per heavy atom. The van der Waals surface area contributed by atoms with Crippen LogP contribution in [0, 0.1) is 20.8 Å². The van der Waals surface area contributed by atoms with Crippen molar-refractivity contribution in [1.82, 2.24) is 0 Å². The first kappa shape index (κ1) is 26.3. The lowest BCUT2D eigenvalue weighted by Gasteiger charge is -2.38. The average molecular weight is 441 g/mol. The van der Waals surface area contributed by atoms with Gasteiger partial charge < -0.3 is 9.62 Å². The molecule has 178 valence electrons. The van der Waals surface area contributed by atoms with E-state index in [0.29, 0.717) is 5.75 Å². The van der Waals surface area contributed by atoms with Crippen LogP contribution in [0.25, 0.3) is 0 Å². The molecule has 0 aliphatic carbocycles. The SMILES string of the molecule is CC(C)=CCC/C(C)=C/CC/C(C)=C/CCC1(C)CCc2c(C)c(OO)c(C)c(C)c2O1. The van der Waals surface area contributed by atoms with Crippen molar-refractivity contribution in [2.45, 2.75) is 112 Å². The first-order valence-electron chi connectivity index (χ1n) is 12.2. The van der Waals surface area contributed by atoms with Crippen molar-refractivity contribution in [3.63, 3.8) is 0 Å². The number of fused-ring (bicyclic) bond motifs is 1. The van der Waals surface area contributed by atoms with Crippen LogP contribution in [-0.4, -0.2) is 10.9 Å². The van der Waals surface area contributed by atoms with Gasteiger partial charge in [-0.05, 0) is 112 Å². The van der Waals surface area contributed by atoms with E-state index >= 15 is 0 Å². The van der Waals surface area contributed by atoms with Crippen molar-refractivity contribution in [2.75, 3.05) is 0 Å². The van der Waals surface area contributed by atoms with Crippen molar-refractivity contribution in [3.8, 4) is 11.5 Å². The monoisotopic (exact) mass is 440 g/mol. The summed E-state index contributed by atoms with van der Waals surface area (Å²) < 4.78 is 6.58. The van der Waals surface area contributed by atoms with Gasteiger partial charge in [-0.15, -0.1) is 0 Å². The molecule has 3 nitrogen and oxygen atoms in total. The second-order valence-corrected chi connectivity index (χ2v) is 10.2. The molecule has 1 unspecified atom stereocenters. The Morgan fingerprint density at radius 1 is 0.906 bits per heavy atom. The highest BCUT2D eigenvalue weighted by molar-refractivity contribution is 5.58. The van der Waals surface area contributed by atoms with Gasteiger partial charge in [0.05, 0.1) is 0 Å². The van der Waals surface area contributed by atoms with Gasteiger partial charge in [0.15, 0.2) is 5.75 Å². The summed E-state index contributed by atoms with van der Waals surface area (Å²) in [7, 11) is 0. The fourth-order valence-electron chi connectivity index (χ4n) is 4.56. The van der Waals surface area contributed by atoms with Gasteiger partial charge in [-0.3, -0.25) is 0 Å². The summed E-state index contributed by atoms with van der Waals surface area (Å²) in [6.45, 7) is 17.1. The molecule has 1 heterocycles. The van der Waals surface area contributed by atoms with E-state index in [-0.39, 0.29) is 5.60 Å². The van der Waals surface area contributed by atoms with Crippen LogP contribution in [0.3, 0.4) is 0 Å². The number of benzene rings is 1. The lowest BCUT2D eigenvalue weighted by molar-refractivity contribution is -0.138. The van der Waals surface area contributed by atoms with E-state index in [2.05, 4.69) is 64.7 Å². The Morgan fingerprint density at radius 2 is 1.50 bits per heavy atom. The van der Waals surface area contributed by atoms with Crippen LogP contribution in [0.1, 0.15) is 102 Å². The van der Waals surface area contributed by atoms with E-state index < -0.39 is 0 Å². The molecule has 1 N–H and O–H groups in total. The number of rotatable bonds is 10. The van der Waals surface area contributed by atoms with Gasteiger partial charge in [-0.2, -0.15) is 0 Å². The van der Waals surface area contributed by atoms with Crippen molar-refractivity contribution < 1.29 is 14.9 Å². The highest BCUT2D eigenvalue weighted by Crippen LogP contribution is 2.44. The molecule has 1 aliphatic heterocycles. The molecule has 0 saturated carbocycles. The molecule has 1 aromatic rings. The second-order valence-electron chi connectivity index (χ2n) is 10.2. The van der Waals surface area contributed by atoms with Crippen molar-refractivity contribution >= 4 is 0 Å². The first-order valence-corrected chi connectivity index (χ1v) is 12.2. The standard InChI is InChI=1S/C29H44O3/c1-20(2)12-9-13-21(3)14-10-15-22(4)16-11-18-29(8)19-17-26-25(7)27(32-30)23(5)24(6)28(26)31-29/h12,14,16,30H,9-11,13,15,17-19H2,1-8H3/b21-14+,22-16+. The Labute approximate surface area is 196 Å². The van der Waals surface area contributed by atoms with Gasteiger partial charge in [-0.1, -0.05) is 34.9 Å². The highest BCUT2D eigenvalue weighted by atomic mass is 17.1. The molecule has 0 aromatic heterocycles. The summed E-state index contributed by atoms with van der Waals surface area (Å²) in [5, 5.41) is 9.29. The summed E-state index contributed by atoms with van der Waals surface area (Å²) in [4.78, 5) is 4.67. The van der Waals surface area contributed by atoms with Gasteiger partial charge in [0.1, 0.15) is 11.4 Å². The molecular formula is C29H44O3. The third-order valence-corrected chi connectivity index (χ3v) is 6.94. The van der Waals surface area contributed by atoms with Crippen molar-refractivity contribution in [2.24, 2.45) is 0 Å². The Balaban J connectivity index is 1.91. The average Bonchev–Trinajstić information content (AvgIpc) is 2.72. The Kier molecular flexibility index (Phi) is 9.64. The van der Waals surface area contributed by atoms with E-state index in [4.69, 9.17) is 4.74 Å². The van der Waals surface area contributed by atoms with Crippen LogP contribution in [0.2, 0.25) is 0 Å². The summed E-state index contributed by atoms with van der Waals surface area (Å²) >= 11 is 0. The topological polar surface area (TPSA) is 38.7 Å². The van der Waals surface area contributed by atoms with Gasteiger partial charge in [-0.25, -0.2) is 5.26 Å². The molecule has 1 aliphatic rings. The molecule has 0 fully saturated rings. The van der Waals surface area contributed by atoms with Crippen molar-refractivity contribution in [3.05, 3.63) is 57.2 Å². The van der Waals surface area contributed by atoms with Crippen LogP contribution >= 0.6 is 0 Å². The maximum absolute atomic E-state index is 9.29. The van der Waals surface area contributed by atoms with Gasteiger partial charge in [0.25, 0.3) is 0 Å². The van der Waals surface area contributed by atoms with Gasteiger partial charge >= 0.3 is 0 Å². The molecular weight excluding hydrogens is 396 g/mol. The second kappa shape index (κ2) is 11.7. The summed E-state index contributed by atoms with van der Waals surface area (Å²) in [5.74, 6) is 1.57. The van der Waals surface area contributed by atoms with E-state index in [9.17, 15) is 5.26 Å². The lowest BCUT2D eigenvalue weighted by Crippen LogP contribution is -2.37. The minimum atomic E-state index is -0.156. The number of hydrogen-bond donors (Lipinski definition) is 1. The maximum Gasteiger partial charge on any atom is 0.171 e. The molecule has 0 saturated heterocycles. The van der Waals surface area contributed by atoms with E-state index in [1.807, 2.05) is 13.8 Å². The molecule has 0 radical (unpaired) electrons. The molecule has 1 atom stereocenters. The zero-order valence-electron chi connectivity index (χ0n) is 21.7. The minimum absolute atomic E-state index is 0.156. The van der Waals surface area contributed by atoms with Gasteiger partial charge in [0, 0.05) is 16.7 Å². The molecule has 0 amide bonds. The number of hydrogen-bond acceptors (Lipinski definition) is 3. The smallest absolute Gasteiger partial charge is 0.171 e. The Bertz CT molecular complexity index is 884. The first-order chi connectivity index (χ1) is 15.1. The molecule has 0 bridgehead atoms. The third kappa shape index (κ3) is 7.00. The normalized spacial score (nSPS) is 18.8. The maximum atomic E-state index is 9.29. The van der Waals surface area contributed by atoms with Crippen LogP contribution in [-0.2, 0) is 6.42 Å². The van der Waals surface area contributed by atoms with Crippen LogP contribution in [0.5, 0.6) is 11.5 Å². The number of allylic oxidation sites excluding steroid dienone is 6. The van der Waals surface area contributed by atoms with Crippen molar-refractivity contribution in [1.29, 1.82) is 0 Å². The van der Waals surface area contributed by atoms with Crippen LogP contribution < -0.4 is 9.62 Å². The fourth-order valence-corrected chi connectivity index (χ4v) is 4.56. The number of ether oxygens (including phenoxy) is 1. The predicted molar refractivity (Wildman–Crippen MR) is 136 cm³/mol. The van der Waals surface area contributed by atoms with E-state index in [0.717, 1.165) is 73.8 Å². The third-order valence-electron chi connectivity index (χ3n) is 6.94. The summed E-state index contributed by atoms with van der Waals surface area (Å²) in [6, 6.07) is 0. The summed E-state index contributed by atoms with van der Waals surface area (Å²) in [5.41, 5.74) is 8.39. The quantitative estimate of drug-likeness (QED) is 0.224. The minimum Gasteiger partial charge on any atom is -0.487 e. The molecule has 32 heavy (non-hydrogen) atoms. The molecule has 2 rings (SSSR count). The molecule has 0 spiro atoms. The summed E-state index contributed by atoms with van der Waals surface area (Å²) in [6.07, 6.45) is 15.6. The zero-order chi connectivity index (χ0) is 23.9. The zero-order valence-corrected chi connectivity index (χ0v) is 21.7. The largest absolute Gasteiger partial charge is 0.487 e. The Hall–Kier alpha value is -2.00. The van der Waals surface area contributed by atoms with Crippen LogP contribution in [0.4, 0.5) is 0 Å². The van der Waals surface area contributed by atoms with Crippen LogP contribution in [0.15, 0.2) is 34.9 Å². The predicted octanol–water partition coefficient (Wildman–Crippen LogP) is 8.75. The fraction of sp³-hybridized carbons (Fsp3) is 0.586. The molecule has 3 heteroatoms. The molecule has 1 aromatic carbocycles. The van der Waals surface area contributed by atoms with E-state index in [1.54, 1.807) is 0 Å². The van der Waals surface area contributed by atoms with E-state index in [1.165, 1.54) is 22.3 Å². The van der Waals surface area contributed by atoms with Gasteiger partial charge in [0.2, 0.25) is 0 Å².